The van der Waals surface area contributed by atoms with Crippen LogP contribution in [0.2, 0.25) is 0 Å². The topological polar surface area (TPSA) is 132 Å². The Balaban J connectivity index is 1.89. The van der Waals surface area contributed by atoms with E-state index < -0.39 is 6.03 Å². The normalized spacial score (nSPS) is 10.1. The Morgan fingerprint density at radius 3 is 2.11 bits per heavy atom. The number of hydrazone groups is 2. The van der Waals surface area contributed by atoms with E-state index in [9.17, 15) is 4.79 Å². The summed E-state index contributed by atoms with van der Waals surface area (Å²) in [6.45, 7) is -0.0928. The molecule has 0 aromatic heterocycles. The lowest BCUT2D eigenvalue weighted by Gasteiger charge is -2.04. The molecule has 0 unspecified atom stereocenters. The Kier molecular flexibility index (Phi) is 7.36. The van der Waals surface area contributed by atoms with Crippen molar-refractivity contribution in [3.8, 4) is 23.8 Å². The number of para-hydroxylation sites is 2. The first-order valence-electron chi connectivity index (χ1n) is 7.60. The van der Waals surface area contributed by atoms with Crippen LogP contribution in [0.5, 0.6) is 11.5 Å². The predicted octanol–water partition coefficient (Wildman–Crippen LogP) is 2.12. The molecule has 0 aliphatic rings. The van der Waals surface area contributed by atoms with Gasteiger partial charge in [-0.05, 0) is 24.3 Å². The van der Waals surface area contributed by atoms with E-state index in [2.05, 4.69) is 21.1 Å². The summed E-state index contributed by atoms with van der Waals surface area (Å²) in [6.07, 6.45) is 4.29. The third kappa shape index (κ3) is 6.21. The van der Waals surface area contributed by atoms with Crippen LogP contribution in [0.1, 0.15) is 11.1 Å². The van der Waals surface area contributed by atoms with Gasteiger partial charge in [0.05, 0.1) is 12.4 Å². The first kappa shape index (κ1) is 19.0. The number of hydrogen-bond acceptors (Lipinski definition) is 7. The number of ether oxygens (including phenoxy) is 2. The Bertz CT molecular complexity index is 927. The second-order valence-corrected chi connectivity index (χ2v) is 4.78. The predicted molar refractivity (Wildman–Crippen MR) is 97.1 cm³/mol. The largest absolute Gasteiger partial charge is 0.478 e. The van der Waals surface area contributed by atoms with Crippen LogP contribution in [0.25, 0.3) is 0 Å². The van der Waals surface area contributed by atoms with Gasteiger partial charge in [0.2, 0.25) is 0 Å². The van der Waals surface area contributed by atoms with Crippen molar-refractivity contribution in [3.05, 3.63) is 59.7 Å². The van der Waals surface area contributed by atoms with Gasteiger partial charge in [0.15, 0.2) is 12.4 Å². The van der Waals surface area contributed by atoms with Crippen LogP contribution in [0.3, 0.4) is 0 Å². The summed E-state index contributed by atoms with van der Waals surface area (Å²) in [5.41, 5.74) is 5.59. The minimum Gasteiger partial charge on any atom is -0.478 e. The van der Waals surface area contributed by atoms with E-state index in [1.807, 2.05) is 6.07 Å². The molecule has 0 aliphatic heterocycles. The third-order valence-electron chi connectivity index (χ3n) is 3.03. The molecule has 0 bridgehead atoms. The molecule has 0 saturated carbocycles. The molecule has 9 heteroatoms. The second-order valence-electron chi connectivity index (χ2n) is 4.78. The maximum atomic E-state index is 11.7. The molecule has 0 heterocycles. The van der Waals surface area contributed by atoms with Crippen molar-refractivity contribution in [2.24, 2.45) is 10.2 Å². The number of nitriles is 2. The monoisotopic (exact) mass is 362 g/mol. The maximum absolute atomic E-state index is 11.7. The van der Waals surface area contributed by atoms with Crippen molar-refractivity contribution in [1.29, 1.82) is 10.5 Å². The van der Waals surface area contributed by atoms with Gasteiger partial charge in [-0.25, -0.2) is 15.6 Å². The minimum atomic E-state index is -0.670. The van der Waals surface area contributed by atoms with Crippen LogP contribution >= 0.6 is 0 Å². The highest BCUT2D eigenvalue weighted by Crippen LogP contribution is 2.16. The number of benzene rings is 2. The van der Waals surface area contributed by atoms with E-state index in [0.717, 1.165) is 0 Å². The number of carbonyl (C=O) groups excluding carboxylic acids is 1. The van der Waals surface area contributed by atoms with E-state index in [1.54, 1.807) is 54.8 Å². The number of carbonyl (C=O) groups is 1. The fourth-order valence-electron chi connectivity index (χ4n) is 1.90. The first-order chi connectivity index (χ1) is 13.2. The molecule has 2 N–H and O–H groups in total. The molecular formula is C18H14N6O3. The van der Waals surface area contributed by atoms with Gasteiger partial charge in [-0.3, -0.25) is 0 Å². The van der Waals surface area contributed by atoms with Gasteiger partial charge in [0.1, 0.15) is 11.8 Å². The van der Waals surface area contributed by atoms with Crippen molar-refractivity contribution in [1.82, 2.24) is 10.9 Å². The third-order valence-corrected chi connectivity index (χ3v) is 3.03. The molecule has 0 fully saturated rings. The summed E-state index contributed by atoms with van der Waals surface area (Å²) >= 11 is 0. The number of nitrogens with one attached hydrogen (secondary N) is 2. The number of rotatable bonds is 7. The minimum absolute atomic E-state index is 0.0928. The van der Waals surface area contributed by atoms with Crippen molar-refractivity contribution in [2.45, 2.75) is 0 Å². The number of nitrogens with zero attached hydrogens (tertiary/aromatic N) is 4. The molecular weight excluding hydrogens is 348 g/mol. The van der Waals surface area contributed by atoms with Gasteiger partial charge < -0.3 is 9.47 Å². The van der Waals surface area contributed by atoms with Gasteiger partial charge in [-0.2, -0.15) is 15.5 Å². The van der Waals surface area contributed by atoms with Crippen LogP contribution in [-0.4, -0.2) is 25.1 Å². The standard InChI is InChI=1S/C18H14N6O3/c19-9-10-26-16-7-3-1-5-14(16)11-21-23-18(25)24-22-12-15-6-2-4-8-17(15)27-13-20/h1-8,11-12H,10H2,(H2,23,24,25)/b21-11-,22-12-. The molecule has 2 rings (SSSR count). The Morgan fingerprint density at radius 1 is 0.963 bits per heavy atom. The molecule has 0 spiro atoms. The molecule has 0 aliphatic carbocycles. The summed E-state index contributed by atoms with van der Waals surface area (Å²) in [4.78, 5) is 11.7. The second kappa shape index (κ2) is 10.5. The van der Waals surface area contributed by atoms with Crippen LogP contribution in [0.4, 0.5) is 4.79 Å². The van der Waals surface area contributed by atoms with E-state index in [-0.39, 0.29) is 6.61 Å². The number of urea groups is 1. The van der Waals surface area contributed by atoms with Gasteiger partial charge >= 0.3 is 6.03 Å². The van der Waals surface area contributed by atoms with E-state index in [0.29, 0.717) is 22.6 Å². The van der Waals surface area contributed by atoms with Gasteiger partial charge in [-0.1, -0.05) is 24.3 Å². The summed E-state index contributed by atoms with van der Waals surface area (Å²) in [7, 11) is 0. The summed E-state index contributed by atoms with van der Waals surface area (Å²) in [5.74, 6) is 0.787. The number of hydrogen-bond donors (Lipinski definition) is 2. The zero-order valence-corrected chi connectivity index (χ0v) is 14.0. The Morgan fingerprint density at radius 2 is 1.52 bits per heavy atom. The smallest absolute Gasteiger partial charge is 0.355 e. The van der Waals surface area contributed by atoms with E-state index in [4.69, 9.17) is 20.0 Å². The lowest BCUT2D eigenvalue weighted by Crippen LogP contribution is -2.28. The van der Waals surface area contributed by atoms with Crippen LogP contribution in [0, 0.1) is 22.8 Å². The lowest BCUT2D eigenvalue weighted by molar-refractivity contribution is 0.242. The summed E-state index contributed by atoms with van der Waals surface area (Å²) in [6, 6.07) is 14.9. The Labute approximate surface area is 155 Å². The van der Waals surface area contributed by atoms with Gasteiger partial charge in [0, 0.05) is 11.1 Å². The molecule has 27 heavy (non-hydrogen) atoms. The summed E-state index contributed by atoms with van der Waals surface area (Å²) < 4.78 is 10.0. The van der Waals surface area contributed by atoms with Crippen LogP contribution in [0.15, 0.2) is 58.7 Å². The highest BCUT2D eigenvalue weighted by atomic mass is 16.5. The average Bonchev–Trinajstić information content (AvgIpc) is 2.69. The van der Waals surface area contributed by atoms with Crippen LogP contribution < -0.4 is 20.3 Å². The highest BCUT2D eigenvalue weighted by molar-refractivity contribution is 5.86. The molecule has 134 valence electrons. The highest BCUT2D eigenvalue weighted by Gasteiger charge is 2.02. The molecule has 2 aromatic carbocycles. The maximum Gasteiger partial charge on any atom is 0.355 e. The molecule has 0 atom stereocenters. The molecule has 2 amide bonds. The van der Waals surface area contributed by atoms with Gasteiger partial charge in [0.25, 0.3) is 6.26 Å². The Hall–Kier alpha value is -4.37. The zero-order valence-electron chi connectivity index (χ0n) is 14.0. The molecule has 9 nitrogen and oxygen atoms in total. The molecule has 2 aromatic rings. The fourth-order valence-corrected chi connectivity index (χ4v) is 1.90. The fraction of sp³-hybridized carbons (Fsp3) is 0.0556. The quantitative estimate of drug-likeness (QED) is 0.442. The lowest BCUT2D eigenvalue weighted by atomic mass is 10.2. The van der Waals surface area contributed by atoms with E-state index in [1.165, 1.54) is 12.4 Å². The van der Waals surface area contributed by atoms with E-state index >= 15 is 0 Å². The van der Waals surface area contributed by atoms with Gasteiger partial charge in [-0.15, -0.1) is 5.26 Å². The molecule has 0 saturated heterocycles. The first-order valence-corrected chi connectivity index (χ1v) is 7.60. The van der Waals surface area contributed by atoms with Crippen molar-refractivity contribution >= 4 is 18.5 Å². The van der Waals surface area contributed by atoms with Crippen LogP contribution in [-0.2, 0) is 0 Å². The van der Waals surface area contributed by atoms with Crippen molar-refractivity contribution in [2.75, 3.05) is 6.61 Å². The average molecular weight is 362 g/mol. The SMILES string of the molecule is N#CCOc1ccccc1/C=N\NC(=O)N/N=C\c1ccccc1OC#N. The zero-order chi connectivity index (χ0) is 19.3. The summed E-state index contributed by atoms with van der Waals surface area (Å²) in [5, 5.41) is 24.7. The molecule has 0 radical (unpaired) electrons. The van der Waals surface area contributed by atoms with Crippen molar-refractivity contribution in [3.63, 3.8) is 0 Å². The number of amides is 2. The van der Waals surface area contributed by atoms with Crippen molar-refractivity contribution < 1.29 is 14.3 Å².